The van der Waals surface area contributed by atoms with Gasteiger partial charge in [0, 0.05) is 31.1 Å². The molecule has 0 aromatic carbocycles. The second kappa shape index (κ2) is 11.9. The van der Waals surface area contributed by atoms with Crippen molar-refractivity contribution in [2.75, 3.05) is 39.1 Å². The minimum atomic E-state index is -0.521. The molecule has 1 fully saturated rings. The fourth-order valence-electron chi connectivity index (χ4n) is 3.22. The quantitative estimate of drug-likeness (QED) is 0.383. The van der Waals surface area contributed by atoms with Gasteiger partial charge in [0.15, 0.2) is 5.96 Å². The molecule has 1 aliphatic rings. The Morgan fingerprint density at radius 2 is 1.76 bits per heavy atom. The number of amides is 1. The highest BCUT2D eigenvalue weighted by atomic mass is 32.2. The third-order valence-electron chi connectivity index (χ3n) is 5.42. The Labute approximate surface area is 181 Å². The molecule has 3 N–H and O–H groups in total. The summed E-state index contributed by atoms with van der Waals surface area (Å²) >= 11 is 1.90. The maximum atomic E-state index is 12.3. The van der Waals surface area contributed by atoms with Crippen LogP contribution in [0.1, 0.15) is 67.2 Å². The number of ether oxygens (including phenoxy) is 2. The van der Waals surface area contributed by atoms with Crippen molar-refractivity contribution in [3.63, 3.8) is 0 Å². The summed E-state index contributed by atoms with van der Waals surface area (Å²) in [6.07, 6.45) is 5.40. The molecule has 0 aliphatic carbocycles. The molecule has 1 saturated heterocycles. The van der Waals surface area contributed by atoms with Crippen LogP contribution in [0.15, 0.2) is 4.99 Å². The zero-order chi connectivity index (χ0) is 22.0. The van der Waals surface area contributed by atoms with Gasteiger partial charge in [0.05, 0.1) is 12.1 Å². The maximum absolute atomic E-state index is 12.3. The van der Waals surface area contributed by atoms with Crippen molar-refractivity contribution in [3.05, 3.63) is 0 Å². The molecule has 1 heterocycles. The van der Waals surface area contributed by atoms with Crippen LogP contribution in [-0.2, 0) is 9.47 Å². The molecular formula is C21H42N4O3S. The van der Waals surface area contributed by atoms with Crippen LogP contribution in [0.2, 0.25) is 0 Å². The molecule has 0 aromatic rings. The van der Waals surface area contributed by atoms with Crippen molar-refractivity contribution in [1.82, 2.24) is 16.0 Å². The van der Waals surface area contributed by atoms with Gasteiger partial charge in [-0.1, -0.05) is 13.8 Å². The molecule has 8 heteroatoms. The second-order valence-corrected chi connectivity index (χ2v) is 9.94. The molecule has 0 atom stereocenters. The van der Waals surface area contributed by atoms with Gasteiger partial charge in [-0.25, -0.2) is 4.79 Å². The molecule has 1 amide bonds. The van der Waals surface area contributed by atoms with Crippen LogP contribution in [0, 0.1) is 0 Å². The number of carbonyl (C=O) groups is 1. The average molecular weight is 431 g/mol. The van der Waals surface area contributed by atoms with Gasteiger partial charge < -0.3 is 25.4 Å². The third-order valence-corrected chi connectivity index (χ3v) is 6.84. The van der Waals surface area contributed by atoms with E-state index in [0.717, 1.165) is 57.9 Å². The van der Waals surface area contributed by atoms with Gasteiger partial charge in [0.2, 0.25) is 0 Å². The largest absolute Gasteiger partial charge is 0.444 e. The topological polar surface area (TPSA) is 84.0 Å². The molecule has 0 aromatic heterocycles. The predicted molar refractivity (Wildman–Crippen MR) is 123 cm³/mol. The first-order valence-corrected chi connectivity index (χ1v) is 12.0. The molecule has 29 heavy (non-hydrogen) atoms. The highest BCUT2D eigenvalue weighted by Crippen LogP contribution is 2.33. The van der Waals surface area contributed by atoms with Gasteiger partial charge in [-0.3, -0.25) is 4.99 Å². The van der Waals surface area contributed by atoms with E-state index in [2.05, 4.69) is 43.0 Å². The standard InChI is InChI=1S/C21H42N4O3S/c1-8-20(9-2,25-18(26)28-19(4,5)6)15-23-17(22-10-3)24-16-21(29-7)11-13-27-14-12-21/h8-16H2,1-7H3,(H,25,26)(H2,22,23,24). The Morgan fingerprint density at radius 1 is 1.14 bits per heavy atom. The lowest BCUT2D eigenvalue weighted by Crippen LogP contribution is -2.53. The number of aliphatic imine (C=N–C) groups is 1. The lowest BCUT2D eigenvalue weighted by Gasteiger charge is -2.36. The number of guanidine groups is 1. The van der Waals surface area contributed by atoms with E-state index in [0.29, 0.717) is 6.54 Å². The monoisotopic (exact) mass is 430 g/mol. The third kappa shape index (κ3) is 9.03. The maximum Gasteiger partial charge on any atom is 0.408 e. The number of carbonyl (C=O) groups excluding carboxylic acids is 1. The number of nitrogens with zero attached hydrogens (tertiary/aromatic N) is 1. The molecule has 170 valence electrons. The van der Waals surface area contributed by atoms with Crippen molar-refractivity contribution < 1.29 is 14.3 Å². The van der Waals surface area contributed by atoms with Crippen LogP contribution in [0.25, 0.3) is 0 Å². The normalized spacial score (nSPS) is 17.6. The van der Waals surface area contributed by atoms with Crippen LogP contribution < -0.4 is 16.0 Å². The first kappa shape index (κ1) is 25.9. The van der Waals surface area contributed by atoms with Gasteiger partial charge in [-0.05, 0) is 59.6 Å². The van der Waals surface area contributed by atoms with E-state index in [1.807, 2.05) is 32.5 Å². The van der Waals surface area contributed by atoms with Crippen molar-refractivity contribution in [2.45, 2.75) is 83.1 Å². The highest BCUT2D eigenvalue weighted by Gasteiger charge is 2.33. The molecule has 0 bridgehead atoms. The van der Waals surface area contributed by atoms with E-state index in [9.17, 15) is 4.79 Å². The first-order valence-electron chi connectivity index (χ1n) is 10.8. The van der Waals surface area contributed by atoms with E-state index in [1.54, 1.807) is 0 Å². The Morgan fingerprint density at radius 3 is 2.24 bits per heavy atom. The Bertz CT molecular complexity index is 525. The van der Waals surface area contributed by atoms with E-state index in [1.165, 1.54) is 0 Å². The van der Waals surface area contributed by atoms with E-state index in [-0.39, 0.29) is 4.75 Å². The molecule has 0 spiro atoms. The average Bonchev–Trinajstić information content (AvgIpc) is 2.68. The van der Waals surface area contributed by atoms with Crippen molar-refractivity contribution in [1.29, 1.82) is 0 Å². The number of hydrogen-bond acceptors (Lipinski definition) is 5. The van der Waals surface area contributed by atoms with Crippen LogP contribution in [0.3, 0.4) is 0 Å². The van der Waals surface area contributed by atoms with Gasteiger partial charge in [-0.2, -0.15) is 11.8 Å². The highest BCUT2D eigenvalue weighted by molar-refractivity contribution is 8.00. The molecular weight excluding hydrogens is 388 g/mol. The fourth-order valence-corrected chi connectivity index (χ4v) is 4.01. The smallest absolute Gasteiger partial charge is 0.408 e. The number of hydrogen-bond donors (Lipinski definition) is 3. The number of thioether (sulfide) groups is 1. The van der Waals surface area contributed by atoms with Gasteiger partial charge in [0.1, 0.15) is 5.60 Å². The summed E-state index contributed by atoms with van der Waals surface area (Å²) in [5.41, 5.74) is -0.951. The van der Waals surface area contributed by atoms with Crippen LogP contribution in [0.4, 0.5) is 4.79 Å². The lowest BCUT2D eigenvalue weighted by molar-refractivity contribution is 0.0452. The summed E-state index contributed by atoms with van der Waals surface area (Å²) in [5, 5.41) is 9.91. The van der Waals surface area contributed by atoms with Crippen molar-refractivity contribution in [2.24, 2.45) is 4.99 Å². The zero-order valence-electron chi connectivity index (χ0n) is 19.4. The fraction of sp³-hybridized carbons (Fsp3) is 0.905. The van der Waals surface area contributed by atoms with E-state index >= 15 is 0 Å². The molecule has 0 unspecified atom stereocenters. The summed E-state index contributed by atoms with van der Waals surface area (Å²) in [5.74, 6) is 0.782. The first-order chi connectivity index (χ1) is 13.6. The molecule has 7 nitrogen and oxygen atoms in total. The van der Waals surface area contributed by atoms with Gasteiger partial charge in [-0.15, -0.1) is 0 Å². The number of alkyl carbamates (subject to hydrolysis) is 1. The number of rotatable bonds is 9. The van der Waals surface area contributed by atoms with E-state index in [4.69, 9.17) is 14.5 Å². The summed E-state index contributed by atoms with van der Waals surface area (Å²) in [6, 6.07) is 0. The van der Waals surface area contributed by atoms with Crippen LogP contribution in [0.5, 0.6) is 0 Å². The van der Waals surface area contributed by atoms with Crippen LogP contribution in [-0.4, -0.2) is 67.0 Å². The SMILES string of the molecule is CCNC(=NCC(CC)(CC)NC(=O)OC(C)(C)C)NCC1(SC)CCOCC1. The zero-order valence-corrected chi connectivity index (χ0v) is 20.3. The minimum absolute atomic E-state index is 0.176. The molecule has 1 rings (SSSR count). The minimum Gasteiger partial charge on any atom is -0.444 e. The molecule has 1 aliphatic heterocycles. The van der Waals surface area contributed by atoms with Gasteiger partial charge in [0.25, 0.3) is 0 Å². The summed E-state index contributed by atoms with van der Waals surface area (Å²) < 4.78 is 11.2. The lowest BCUT2D eigenvalue weighted by atomic mass is 9.93. The van der Waals surface area contributed by atoms with Crippen molar-refractivity contribution in [3.8, 4) is 0 Å². The summed E-state index contributed by atoms with van der Waals surface area (Å²) in [6.45, 7) is 15.5. The predicted octanol–water partition coefficient (Wildman–Crippen LogP) is 3.54. The van der Waals surface area contributed by atoms with E-state index < -0.39 is 17.2 Å². The van der Waals surface area contributed by atoms with Crippen molar-refractivity contribution >= 4 is 23.8 Å². The number of nitrogens with one attached hydrogen (secondary N) is 3. The van der Waals surface area contributed by atoms with Gasteiger partial charge >= 0.3 is 6.09 Å². The summed E-state index contributed by atoms with van der Waals surface area (Å²) in [4.78, 5) is 17.2. The Hall–Kier alpha value is -1.15. The van der Waals surface area contributed by atoms with Crippen LogP contribution >= 0.6 is 11.8 Å². The second-order valence-electron chi connectivity index (χ2n) is 8.66. The Kier molecular flexibility index (Phi) is 10.6. The summed E-state index contributed by atoms with van der Waals surface area (Å²) in [7, 11) is 0. The molecule has 0 radical (unpaired) electrons. The Balaban J connectivity index is 2.81. The molecule has 0 saturated carbocycles.